The van der Waals surface area contributed by atoms with E-state index in [2.05, 4.69) is 15.3 Å². The summed E-state index contributed by atoms with van der Waals surface area (Å²) in [7, 11) is 1.91. The Morgan fingerprint density at radius 2 is 2.05 bits per heavy atom. The number of hydrogen-bond acceptors (Lipinski definition) is 7. The molecule has 0 saturated carbocycles. The highest BCUT2D eigenvalue weighted by molar-refractivity contribution is 7.18. The number of nitrogens with one attached hydrogen (secondary N) is 1. The molecule has 0 fully saturated rings. The topological polar surface area (TPSA) is 84.1 Å². The Bertz CT molecular complexity index is 649. The van der Waals surface area contributed by atoms with Crippen molar-refractivity contribution in [2.75, 3.05) is 29.5 Å². The average molecular weight is 325 g/mol. The zero-order valence-electron chi connectivity index (χ0n) is 12.6. The Morgan fingerprint density at radius 1 is 1.33 bits per heavy atom. The Balaban J connectivity index is 2.18. The molecule has 0 aromatic carbocycles. The number of nitrogen functional groups attached to an aromatic ring is 1. The molecule has 2 heterocycles. The van der Waals surface area contributed by atoms with Crippen LogP contribution in [0.1, 0.15) is 34.1 Å². The minimum Gasteiger partial charge on any atom is -0.382 e. The predicted molar refractivity (Wildman–Crippen MR) is 89.7 cm³/mol. The van der Waals surface area contributed by atoms with Crippen LogP contribution in [-0.4, -0.2) is 29.5 Å². The van der Waals surface area contributed by atoms with Gasteiger partial charge in [0.05, 0.1) is 5.69 Å². The van der Waals surface area contributed by atoms with E-state index in [-0.39, 0.29) is 11.7 Å². The summed E-state index contributed by atoms with van der Waals surface area (Å²) in [5, 5.41) is 4.15. The average Bonchev–Trinajstić information content (AvgIpc) is 3.00. The van der Waals surface area contributed by atoms with Crippen LogP contribution in [0.3, 0.4) is 0 Å². The van der Waals surface area contributed by atoms with E-state index in [1.165, 1.54) is 22.7 Å². The Morgan fingerprint density at radius 3 is 2.62 bits per heavy atom. The number of amides is 1. The molecule has 6 nitrogen and oxygen atoms in total. The van der Waals surface area contributed by atoms with Gasteiger partial charge in [-0.15, -0.1) is 11.3 Å². The van der Waals surface area contributed by atoms with Gasteiger partial charge in [0.15, 0.2) is 10.3 Å². The van der Waals surface area contributed by atoms with Gasteiger partial charge in [0.2, 0.25) is 0 Å². The van der Waals surface area contributed by atoms with Gasteiger partial charge in [-0.1, -0.05) is 18.3 Å². The summed E-state index contributed by atoms with van der Waals surface area (Å²) in [4.78, 5) is 24.4. The zero-order valence-corrected chi connectivity index (χ0v) is 14.2. The fourth-order valence-corrected chi connectivity index (χ4v) is 3.55. The maximum atomic E-state index is 12.3. The van der Waals surface area contributed by atoms with Crippen molar-refractivity contribution in [3.05, 3.63) is 15.4 Å². The molecule has 2 aromatic heterocycles. The van der Waals surface area contributed by atoms with Gasteiger partial charge in [0, 0.05) is 18.5 Å². The fraction of sp³-hybridized carbons (Fsp3) is 0.462. The second-order valence-corrected chi connectivity index (χ2v) is 6.74. The van der Waals surface area contributed by atoms with Crippen LogP contribution in [0.5, 0.6) is 0 Å². The smallest absolute Gasteiger partial charge is 0.271 e. The monoisotopic (exact) mass is 325 g/mol. The van der Waals surface area contributed by atoms with Gasteiger partial charge in [-0.3, -0.25) is 10.1 Å². The van der Waals surface area contributed by atoms with Crippen LogP contribution in [0.2, 0.25) is 0 Å². The molecular weight excluding hydrogens is 306 g/mol. The molecule has 2 rings (SSSR count). The van der Waals surface area contributed by atoms with E-state index in [0.717, 1.165) is 28.7 Å². The highest BCUT2D eigenvalue weighted by Gasteiger charge is 2.19. The molecule has 0 radical (unpaired) electrons. The van der Waals surface area contributed by atoms with Crippen molar-refractivity contribution in [1.29, 1.82) is 0 Å². The normalized spacial score (nSPS) is 10.7. The van der Waals surface area contributed by atoms with Crippen molar-refractivity contribution in [3.63, 3.8) is 0 Å². The summed E-state index contributed by atoms with van der Waals surface area (Å²) in [6.07, 6.45) is 0.854. The van der Waals surface area contributed by atoms with Gasteiger partial charge in [-0.2, -0.15) is 0 Å². The van der Waals surface area contributed by atoms with Gasteiger partial charge in [-0.25, -0.2) is 9.97 Å². The molecule has 21 heavy (non-hydrogen) atoms. The summed E-state index contributed by atoms with van der Waals surface area (Å²) < 4.78 is 0. The highest BCUT2D eigenvalue weighted by atomic mass is 32.1. The lowest BCUT2D eigenvalue weighted by Crippen LogP contribution is -2.15. The maximum Gasteiger partial charge on any atom is 0.271 e. The van der Waals surface area contributed by atoms with E-state index in [1.807, 2.05) is 32.7 Å². The Labute approximate surface area is 132 Å². The standard InChI is InChI=1S/C13H19N5OS2/c1-5-8-7(3)20-12(15-8)17-11(19)9-10(14)16-13(21-9)18(4)6-2/h5-6,14H2,1-4H3,(H,15,17,19). The largest absolute Gasteiger partial charge is 0.382 e. The first-order valence-corrected chi connectivity index (χ1v) is 8.34. The number of anilines is 3. The molecule has 0 aliphatic rings. The van der Waals surface area contributed by atoms with E-state index in [0.29, 0.717) is 10.0 Å². The van der Waals surface area contributed by atoms with E-state index in [4.69, 9.17) is 5.73 Å². The van der Waals surface area contributed by atoms with Gasteiger partial charge in [0.1, 0.15) is 10.7 Å². The van der Waals surface area contributed by atoms with Crippen LogP contribution >= 0.6 is 22.7 Å². The molecule has 1 amide bonds. The molecule has 3 N–H and O–H groups in total. The van der Waals surface area contributed by atoms with Crippen LogP contribution < -0.4 is 16.0 Å². The van der Waals surface area contributed by atoms with E-state index >= 15 is 0 Å². The number of nitrogens with zero attached hydrogens (tertiary/aromatic N) is 3. The van der Waals surface area contributed by atoms with E-state index in [1.54, 1.807) is 0 Å². The molecule has 0 spiro atoms. The minimum atomic E-state index is -0.253. The van der Waals surface area contributed by atoms with Gasteiger partial charge < -0.3 is 10.6 Å². The molecule has 0 bridgehead atoms. The van der Waals surface area contributed by atoms with Crippen LogP contribution in [0.25, 0.3) is 0 Å². The van der Waals surface area contributed by atoms with Crippen LogP contribution in [0.15, 0.2) is 0 Å². The zero-order chi connectivity index (χ0) is 15.6. The first-order valence-electron chi connectivity index (χ1n) is 6.71. The third-order valence-corrected chi connectivity index (χ3v) is 5.21. The molecule has 0 aliphatic carbocycles. The molecule has 0 aliphatic heterocycles. The molecule has 0 saturated heterocycles. The SMILES string of the molecule is CCc1nc(NC(=O)c2sc(N(C)CC)nc2N)sc1C. The third kappa shape index (κ3) is 3.33. The minimum absolute atomic E-state index is 0.253. The van der Waals surface area contributed by atoms with Crippen molar-refractivity contribution in [3.8, 4) is 0 Å². The number of thiazole rings is 2. The van der Waals surface area contributed by atoms with Crippen LogP contribution in [0, 0.1) is 6.92 Å². The molecular formula is C13H19N5OS2. The summed E-state index contributed by atoms with van der Waals surface area (Å²) in [6.45, 7) is 6.87. The number of rotatable bonds is 5. The van der Waals surface area contributed by atoms with Crippen molar-refractivity contribution in [2.24, 2.45) is 0 Å². The van der Waals surface area contributed by atoms with E-state index < -0.39 is 0 Å². The summed E-state index contributed by atoms with van der Waals surface area (Å²) in [6, 6.07) is 0. The molecule has 8 heteroatoms. The lowest BCUT2D eigenvalue weighted by molar-refractivity contribution is 0.103. The van der Waals surface area contributed by atoms with Crippen LogP contribution in [-0.2, 0) is 6.42 Å². The maximum absolute atomic E-state index is 12.3. The number of carbonyl (C=O) groups is 1. The second kappa shape index (κ2) is 6.40. The third-order valence-electron chi connectivity index (χ3n) is 3.10. The molecule has 0 unspecified atom stereocenters. The summed E-state index contributed by atoms with van der Waals surface area (Å²) in [5.74, 6) is 0.00829. The van der Waals surface area contributed by atoms with Gasteiger partial charge in [0.25, 0.3) is 5.91 Å². The van der Waals surface area contributed by atoms with E-state index in [9.17, 15) is 4.79 Å². The van der Waals surface area contributed by atoms with Crippen molar-refractivity contribution >= 4 is 44.7 Å². The quantitative estimate of drug-likeness (QED) is 0.883. The fourth-order valence-electron chi connectivity index (χ4n) is 1.74. The number of nitrogens with two attached hydrogens (primary N) is 1. The van der Waals surface area contributed by atoms with Crippen molar-refractivity contribution in [2.45, 2.75) is 27.2 Å². The van der Waals surface area contributed by atoms with Crippen molar-refractivity contribution < 1.29 is 4.79 Å². The lowest BCUT2D eigenvalue weighted by atomic mass is 10.3. The number of aryl methyl sites for hydroxylation is 2. The number of aromatic nitrogens is 2. The molecule has 114 valence electrons. The molecule has 0 atom stereocenters. The Hall–Kier alpha value is -1.67. The lowest BCUT2D eigenvalue weighted by Gasteiger charge is -2.10. The van der Waals surface area contributed by atoms with Crippen molar-refractivity contribution in [1.82, 2.24) is 9.97 Å². The van der Waals surface area contributed by atoms with Gasteiger partial charge in [-0.05, 0) is 20.3 Å². The van der Waals surface area contributed by atoms with Gasteiger partial charge >= 0.3 is 0 Å². The second-order valence-electron chi connectivity index (χ2n) is 4.55. The molecule has 2 aromatic rings. The summed E-state index contributed by atoms with van der Waals surface area (Å²) >= 11 is 2.77. The number of hydrogen-bond donors (Lipinski definition) is 2. The first-order chi connectivity index (χ1) is 9.96. The Kier molecular flexibility index (Phi) is 4.79. The number of carbonyl (C=O) groups excluding carboxylic acids is 1. The highest BCUT2D eigenvalue weighted by Crippen LogP contribution is 2.29. The van der Waals surface area contributed by atoms with Crippen LogP contribution in [0.4, 0.5) is 16.1 Å². The predicted octanol–water partition coefficient (Wildman–Crippen LogP) is 2.76. The first kappa shape index (κ1) is 15.7. The summed E-state index contributed by atoms with van der Waals surface area (Å²) in [5.41, 5.74) is 6.86.